The molecule has 0 bridgehead atoms. The van der Waals surface area contributed by atoms with Crippen molar-refractivity contribution in [3.05, 3.63) is 52.0 Å². The topological polar surface area (TPSA) is 86.3 Å². The molecule has 0 fully saturated rings. The highest BCUT2D eigenvalue weighted by Crippen LogP contribution is 2.16. The molecule has 112 valence electrons. The van der Waals surface area contributed by atoms with Crippen LogP contribution in [-0.2, 0) is 16.4 Å². The summed E-state index contributed by atoms with van der Waals surface area (Å²) >= 11 is 1.48. The zero-order valence-electron chi connectivity index (χ0n) is 10.7. The zero-order chi connectivity index (χ0) is 15.5. The third-order valence-electron chi connectivity index (χ3n) is 2.70. The molecule has 0 atom stereocenters. The van der Waals surface area contributed by atoms with Crippen molar-refractivity contribution in [1.29, 1.82) is 0 Å². The van der Waals surface area contributed by atoms with Crippen LogP contribution >= 0.6 is 11.3 Å². The number of thiophene rings is 1. The Labute approximate surface area is 125 Å². The van der Waals surface area contributed by atoms with Gasteiger partial charge in [-0.15, -0.1) is 11.3 Å². The number of halogens is 1. The third-order valence-corrected chi connectivity index (χ3v) is 5.11. The molecule has 0 spiro atoms. The minimum atomic E-state index is -4.11. The van der Waals surface area contributed by atoms with E-state index in [1.165, 1.54) is 11.3 Å². The average molecular weight is 328 g/mol. The van der Waals surface area contributed by atoms with Crippen LogP contribution in [0.1, 0.15) is 15.2 Å². The molecule has 1 aromatic heterocycles. The minimum absolute atomic E-state index is 0.0951. The zero-order valence-corrected chi connectivity index (χ0v) is 12.3. The first-order chi connectivity index (χ1) is 9.90. The van der Waals surface area contributed by atoms with Crippen molar-refractivity contribution >= 4 is 27.3 Å². The molecule has 0 saturated heterocycles. The summed E-state index contributed by atoms with van der Waals surface area (Å²) in [5, 5.41) is 12.6. The number of carboxylic acid groups (broad SMARTS) is 1. The van der Waals surface area contributed by atoms with E-state index in [4.69, 9.17) is 0 Å². The summed E-state index contributed by atoms with van der Waals surface area (Å²) in [6.45, 7) is 0.0951. The van der Waals surface area contributed by atoms with Crippen LogP contribution in [-0.4, -0.2) is 20.9 Å². The predicted octanol–water partition coefficient (Wildman–Crippen LogP) is 0.772. The molecule has 21 heavy (non-hydrogen) atoms. The molecule has 0 aliphatic rings. The fourth-order valence-corrected chi connectivity index (χ4v) is 3.52. The van der Waals surface area contributed by atoms with Gasteiger partial charge in [-0.1, -0.05) is 12.1 Å². The van der Waals surface area contributed by atoms with Gasteiger partial charge in [-0.3, -0.25) is 0 Å². The van der Waals surface area contributed by atoms with E-state index in [1.54, 1.807) is 0 Å². The van der Waals surface area contributed by atoms with Crippen molar-refractivity contribution in [2.45, 2.75) is 11.3 Å². The van der Waals surface area contributed by atoms with Crippen molar-refractivity contribution < 1.29 is 22.7 Å². The molecule has 1 heterocycles. The second kappa shape index (κ2) is 6.33. The van der Waals surface area contributed by atoms with Crippen LogP contribution in [0, 0.1) is 5.82 Å². The Morgan fingerprint density at radius 1 is 1.33 bits per heavy atom. The normalized spacial score (nSPS) is 11.5. The molecular formula is C13H11FNO4S2-. The van der Waals surface area contributed by atoms with Gasteiger partial charge < -0.3 is 9.90 Å². The second-order valence-corrected chi connectivity index (χ2v) is 6.93. The van der Waals surface area contributed by atoms with E-state index >= 15 is 0 Å². The number of carboxylic acids is 1. The maximum atomic E-state index is 13.6. The van der Waals surface area contributed by atoms with Crippen molar-refractivity contribution in [3.8, 4) is 0 Å². The number of sulfonamides is 1. The molecule has 0 aliphatic carbocycles. The number of nitrogens with one attached hydrogen (secondary N) is 1. The smallest absolute Gasteiger partial charge is 0.243 e. The van der Waals surface area contributed by atoms with Crippen molar-refractivity contribution in [1.82, 2.24) is 4.72 Å². The van der Waals surface area contributed by atoms with Crippen molar-refractivity contribution in [2.24, 2.45) is 0 Å². The molecule has 1 N–H and O–H groups in total. The Morgan fingerprint density at radius 2 is 2.10 bits per heavy atom. The molecule has 2 rings (SSSR count). The van der Waals surface area contributed by atoms with Gasteiger partial charge in [-0.05, 0) is 35.6 Å². The van der Waals surface area contributed by atoms with Crippen molar-refractivity contribution in [3.63, 3.8) is 0 Å². The van der Waals surface area contributed by atoms with E-state index < -0.39 is 32.3 Å². The fraction of sp³-hybridized carbons (Fsp3) is 0.154. The Bertz CT molecular complexity index is 742. The first-order valence-corrected chi connectivity index (χ1v) is 8.29. The number of carbonyl (C=O) groups is 1. The lowest BCUT2D eigenvalue weighted by molar-refractivity contribution is -0.255. The molecule has 1 aromatic carbocycles. The van der Waals surface area contributed by atoms with Crippen LogP contribution < -0.4 is 9.83 Å². The number of carbonyl (C=O) groups excluding carboxylic acids is 1. The molecule has 0 unspecified atom stereocenters. The number of aromatic carboxylic acids is 1. The van der Waals surface area contributed by atoms with Gasteiger partial charge in [0.05, 0.1) is 5.97 Å². The highest BCUT2D eigenvalue weighted by atomic mass is 32.2. The van der Waals surface area contributed by atoms with Crippen LogP contribution in [0.15, 0.2) is 40.6 Å². The summed E-state index contributed by atoms with van der Waals surface area (Å²) in [5.41, 5.74) is -0.393. The van der Waals surface area contributed by atoms with E-state index in [-0.39, 0.29) is 6.54 Å². The summed E-state index contributed by atoms with van der Waals surface area (Å²) in [6.07, 6.45) is 0.471. The molecule has 2 aromatic rings. The largest absolute Gasteiger partial charge is 0.545 e. The van der Waals surface area contributed by atoms with E-state index in [1.807, 2.05) is 17.5 Å². The lowest BCUT2D eigenvalue weighted by Crippen LogP contribution is -2.28. The van der Waals surface area contributed by atoms with Gasteiger partial charge in [0.2, 0.25) is 10.0 Å². The lowest BCUT2D eigenvalue weighted by Gasteiger charge is -2.09. The summed E-state index contributed by atoms with van der Waals surface area (Å²) < 4.78 is 39.8. The Morgan fingerprint density at radius 3 is 2.71 bits per heavy atom. The molecule has 0 saturated carbocycles. The number of hydrogen-bond acceptors (Lipinski definition) is 5. The predicted molar refractivity (Wildman–Crippen MR) is 73.9 cm³/mol. The quantitative estimate of drug-likeness (QED) is 0.849. The lowest BCUT2D eigenvalue weighted by atomic mass is 10.2. The Kier molecular flexibility index (Phi) is 4.71. The molecule has 0 amide bonds. The van der Waals surface area contributed by atoms with Crippen LogP contribution in [0.4, 0.5) is 4.39 Å². The van der Waals surface area contributed by atoms with Gasteiger partial charge in [0, 0.05) is 11.4 Å². The van der Waals surface area contributed by atoms with Crippen LogP contribution in [0.2, 0.25) is 0 Å². The van der Waals surface area contributed by atoms with Crippen molar-refractivity contribution in [2.75, 3.05) is 6.54 Å². The van der Waals surface area contributed by atoms with E-state index in [9.17, 15) is 22.7 Å². The maximum absolute atomic E-state index is 13.6. The Balaban J connectivity index is 2.15. The van der Waals surface area contributed by atoms with Gasteiger partial charge in [-0.2, -0.15) is 0 Å². The summed E-state index contributed by atoms with van der Waals surface area (Å²) in [6, 6.07) is 6.19. The highest BCUT2D eigenvalue weighted by Gasteiger charge is 2.19. The first-order valence-electron chi connectivity index (χ1n) is 5.93. The second-order valence-electron chi connectivity index (χ2n) is 4.16. The highest BCUT2D eigenvalue weighted by molar-refractivity contribution is 7.89. The Hall–Kier alpha value is -1.77. The third kappa shape index (κ3) is 3.87. The van der Waals surface area contributed by atoms with Gasteiger partial charge in [0.1, 0.15) is 10.7 Å². The number of rotatable bonds is 6. The fourth-order valence-electron chi connectivity index (χ4n) is 1.68. The standard InChI is InChI=1S/C13H12FNO4S2/c14-11-4-3-9(13(16)17)8-12(11)21(18,19)15-6-5-10-2-1-7-20-10/h1-4,7-8,15H,5-6H2,(H,16,17)/p-1. The van der Waals surface area contributed by atoms with Gasteiger partial charge >= 0.3 is 0 Å². The molecule has 0 aliphatic heterocycles. The first kappa shape index (κ1) is 15.6. The van der Waals surface area contributed by atoms with Crippen LogP contribution in [0.25, 0.3) is 0 Å². The van der Waals surface area contributed by atoms with E-state index in [0.717, 1.165) is 23.1 Å². The van der Waals surface area contributed by atoms with E-state index in [0.29, 0.717) is 6.42 Å². The maximum Gasteiger partial charge on any atom is 0.243 e. The number of benzene rings is 1. The molecule has 5 nitrogen and oxygen atoms in total. The summed E-state index contributed by atoms with van der Waals surface area (Å²) in [5.74, 6) is -2.58. The summed E-state index contributed by atoms with van der Waals surface area (Å²) in [4.78, 5) is 11.0. The molecule has 0 radical (unpaired) electrons. The molecule has 8 heteroatoms. The van der Waals surface area contributed by atoms with Gasteiger partial charge in [-0.25, -0.2) is 17.5 Å². The SMILES string of the molecule is O=C([O-])c1ccc(F)c(S(=O)(=O)NCCc2cccs2)c1. The number of hydrogen-bond donors (Lipinski definition) is 1. The summed E-state index contributed by atoms with van der Waals surface area (Å²) in [7, 11) is -4.11. The average Bonchev–Trinajstić information content (AvgIpc) is 2.91. The molecular weight excluding hydrogens is 317 g/mol. The van der Waals surface area contributed by atoms with Crippen LogP contribution in [0.3, 0.4) is 0 Å². The van der Waals surface area contributed by atoms with Crippen LogP contribution in [0.5, 0.6) is 0 Å². The minimum Gasteiger partial charge on any atom is -0.545 e. The monoisotopic (exact) mass is 328 g/mol. The van der Waals surface area contributed by atoms with Gasteiger partial charge in [0.15, 0.2) is 0 Å². The van der Waals surface area contributed by atoms with Gasteiger partial charge in [0.25, 0.3) is 0 Å². The van der Waals surface area contributed by atoms with E-state index in [2.05, 4.69) is 4.72 Å².